The van der Waals surface area contributed by atoms with E-state index in [-0.39, 0.29) is 12.5 Å². The summed E-state index contributed by atoms with van der Waals surface area (Å²) in [6.45, 7) is 5.20. The van der Waals surface area contributed by atoms with Crippen molar-refractivity contribution in [3.05, 3.63) is 0 Å². The normalized spacial score (nSPS) is 21.5. The molecule has 0 aromatic carbocycles. The van der Waals surface area contributed by atoms with Gasteiger partial charge in [-0.15, -0.1) is 0 Å². The van der Waals surface area contributed by atoms with Crippen LogP contribution in [0.3, 0.4) is 0 Å². The van der Waals surface area contributed by atoms with Gasteiger partial charge in [0.2, 0.25) is 5.91 Å². The molecule has 2 aliphatic heterocycles. The highest BCUT2D eigenvalue weighted by Gasteiger charge is 2.32. The Bertz CT molecular complexity index is 552. The van der Waals surface area contributed by atoms with E-state index in [1.807, 2.05) is 4.90 Å². The second kappa shape index (κ2) is 9.46. The van der Waals surface area contributed by atoms with Gasteiger partial charge in [0, 0.05) is 45.8 Å². The molecule has 0 saturated carbocycles. The van der Waals surface area contributed by atoms with Gasteiger partial charge >= 0.3 is 6.03 Å². The monoisotopic (exact) mass is 375 g/mol. The summed E-state index contributed by atoms with van der Waals surface area (Å²) in [7, 11) is -3.41. The van der Waals surface area contributed by atoms with E-state index in [1.54, 1.807) is 11.2 Å². The third-order valence-corrected chi connectivity index (χ3v) is 6.54. The molecule has 0 unspecified atom stereocenters. The molecule has 2 aliphatic rings. The molecule has 2 fully saturated rings. The van der Waals surface area contributed by atoms with Crippen LogP contribution in [0.25, 0.3) is 0 Å². The molecule has 144 valence electrons. The van der Waals surface area contributed by atoms with E-state index in [4.69, 9.17) is 0 Å². The summed E-state index contributed by atoms with van der Waals surface area (Å²) in [6, 6.07) is -0.505. The SMILES string of the molecule is CCNC(=O)NC(=O)CN1CCN(S(=O)(=O)N2CCCCCC2)CC1. The molecule has 3 amide bonds. The molecule has 0 aromatic rings. The van der Waals surface area contributed by atoms with E-state index in [2.05, 4.69) is 10.6 Å². The summed E-state index contributed by atoms with van der Waals surface area (Å²) >= 11 is 0. The smallest absolute Gasteiger partial charge is 0.321 e. The van der Waals surface area contributed by atoms with Crippen LogP contribution in [0.15, 0.2) is 0 Å². The van der Waals surface area contributed by atoms with Crippen molar-refractivity contribution in [1.29, 1.82) is 0 Å². The van der Waals surface area contributed by atoms with Gasteiger partial charge in [-0.05, 0) is 19.8 Å². The third-order valence-electron chi connectivity index (χ3n) is 4.51. The van der Waals surface area contributed by atoms with E-state index >= 15 is 0 Å². The maximum atomic E-state index is 12.7. The van der Waals surface area contributed by atoms with E-state index in [0.717, 1.165) is 25.7 Å². The van der Waals surface area contributed by atoms with Crippen molar-refractivity contribution in [3.8, 4) is 0 Å². The second-order valence-electron chi connectivity index (χ2n) is 6.40. The van der Waals surface area contributed by atoms with E-state index in [0.29, 0.717) is 45.8 Å². The highest BCUT2D eigenvalue weighted by molar-refractivity contribution is 7.86. The van der Waals surface area contributed by atoms with Crippen LogP contribution in [-0.4, -0.2) is 86.2 Å². The Morgan fingerprint density at radius 3 is 2.00 bits per heavy atom. The molecule has 25 heavy (non-hydrogen) atoms. The Labute approximate surface area is 149 Å². The first-order valence-electron chi connectivity index (χ1n) is 8.98. The molecule has 2 heterocycles. The lowest BCUT2D eigenvalue weighted by Crippen LogP contribution is -2.55. The number of hydrogen-bond acceptors (Lipinski definition) is 5. The number of imide groups is 1. The molecular weight excluding hydrogens is 346 g/mol. The van der Waals surface area contributed by atoms with Crippen molar-refractivity contribution < 1.29 is 18.0 Å². The zero-order valence-electron chi connectivity index (χ0n) is 14.9. The van der Waals surface area contributed by atoms with Gasteiger partial charge in [-0.1, -0.05) is 12.8 Å². The maximum Gasteiger partial charge on any atom is 0.321 e. The maximum absolute atomic E-state index is 12.7. The lowest BCUT2D eigenvalue weighted by Gasteiger charge is -2.36. The topological polar surface area (TPSA) is 102 Å². The quantitative estimate of drug-likeness (QED) is 0.679. The summed E-state index contributed by atoms with van der Waals surface area (Å²) in [4.78, 5) is 25.0. The molecule has 0 atom stereocenters. The van der Waals surface area contributed by atoms with Gasteiger partial charge in [-0.2, -0.15) is 17.0 Å². The summed E-state index contributed by atoms with van der Waals surface area (Å²) in [5, 5.41) is 4.76. The number of carbonyl (C=O) groups excluding carboxylic acids is 2. The molecule has 9 nitrogen and oxygen atoms in total. The molecule has 2 saturated heterocycles. The van der Waals surface area contributed by atoms with Crippen molar-refractivity contribution >= 4 is 22.1 Å². The number of hydrogen-bond donors (Lipinski definition) is 2. The number of rotatable bonds is 5. The van der Waals surface area contributed by atoms with Gasteiger partial charge in [0.05, 0.1) is 6.54 Å². The molecule has 0 bridgehead atoms. The zero-order valence-corrected chi connectivity index (χ0v) is 15.7. The standard InChI is InChI=1S/C15H29N5O4S/c1-2-16-15(22)17-14(21)13-18-9-11-20(12-10-18)25(23,24)19-7-5-3-4-6-8-19/h2-13H2,1H3,(H2,16,17,21,22). The van der Waals surface area contributed by atoms with Gasteiger partial charge in [-0.25, -0.2) is 4.79 Å². The van der Waals surface area contributed by atoms with E-state index in [1.165, 1.54) is 4.31 Å². The fourth-order valence-electron chi connectivity index (χ4n) is 3.13. The number of piperazine rings is 1. The molecule has 0 radical (unpaired) electrons. The number of carbonyl (C=O) groups is 2. The van der Waals surface area contributed by atoms with Crippen molar-refractivity contribution in [3.63, 3.8) is 0 Å². The predicted molar refractivity (Wildman–Crippen MR) is 94.2 cm³/mol. The fourth-order valence-corrected chi connectivity index (χ4v) is 4.80. The van der Waals surface area contributed by atoms with Crippen LogP contribution in [0.1, 0.15) is 32.6 Å². The van der Waals surface area contributed by atoms with Gasteiger partial charge in [0.25, 0.3) is 10.2 Å². The highest BCUT2D eigenvalue weighted by Crippen LogP contribution is 2.17. The molecule has 2 N–H and O–H groups in total. The van der Waals surface area contributed by atoms with Gasteiger partial charge in [-0.3, -0.25) is 15.0 Å². The minimum absolute atomic E-state index is 0.0920. The third kappa shape index (κ3) is 5.91. The van der Waals surface area contributed by atoms with Crippen LogP contribution in [0.4, 0.5) is 4.79 Å². The molecule has 2 rings (SSSR count). The van der Waals surface area contributed by atoms with Crippen molar-refractivity contribution in [2.75, 3.05) is 52.4 Å². The van der Waals surface area contributed by atoms with Crippen molar-refractivity contribution in [2.24, 2.45) is 0 Å². The Balaban J connectivity index is 1.80. The van der Waals surface area contributed by atoms with Gasteiger partial charge in [0.1, 0.15) is 0 Å². The molecule has 10 heteroatoms. The van der Waals surface area contributed by atoms with Crippen molar-refractivity contribution in [1.82, 2.24) is 24.1 Å². The van der Waals surface area contributed by atoms with E-state index < -0.39 is 16.2 Å². The predicted octanol–water partition coefficient (Wildman–Crippen LogP) is -0.429. The Kier molecular flexibility index (Phi) is 7.60. The first-order chi connectivity index (χ1) is 11.9. The van der Waals surface area contributed by atoms with Crippen LogP contribution in [0.2, 0.25) is 0 Å². The average molecular weight is 375 g/mol. The van der Waals surface area contributed by atoms with Crippen molar-refractivity contribution in [2.45, 2.75) is 32.6 Å². The van der Waals surface area contributed by atoms with Gasteiger partial charge in [0.15, 0.2) is 0 Å². The Hall–Kier alpha value is -1.23. The molecular formula is C15H29N5O4S. The van der Waals surface area contributed by atoms with Crippen LogP contribution >= 0.6 is 0 Å². The molecule has 0 spiro atoms. The molecule has 0 aliphatic carbocycles. The lowest BCUT2D eigenvalue weighted by molar-refractivity contribution is -0.121. The Morgan fingerprint density at radius 1 is 0.880 bits per heavy atom. The summed E-state index contributed by atoms with van der Waals surface area (Å²) in [6.07, 6.45) is 4.00. The summed E-state index contributed by atoms with van der Waals surface area (Å²) in [5.74, 6) is -0.380. The van der Waals surface area contributed by atoms with E-state index in [9.17, 15) is 18.0 Å². The van der Waals surface area contributed by atoms with Crippen LogP contribution in [0, 0.1) is 0 Å². The second-order valence-corrected chi connectivity index (χ2v) is 8.33. The zero-order chi connectivity index (χ0) is 18.3. The first kappa shape index (κ1) is 20.1. The summed E-state index contributed by atoms with van der Waals surface area (Å²) in [5.41, 5.74) is 0. The summed E-state index contributed by atoms with van der Waals surface area (Å²) < 4.78 is 28.6. The van der Waals surface area contributed by atoms with Crippen LogP contribution in [-0.2, 0) is 15.0 Å². The van der Waals surface area contributed by atoms with Gasteiger partial charge < -0.3 is 5.32 Å². The minimum atomic E-state index is -3.41. The largest absolute Gasteiger partial charge is 0.338 e. The number of urea groups is 1. The van der Waals surface area contributed by atoms with Crippen LogP contribution < -0.4 is 10.6 Å². The first-order valence-corrected chi connectivity index (χ1v) is 10.4. The van der Waals surface area contributed by atoms with Crippen LogP contribution in [0.5, 0.6) is 0 Å². The number of nitrogens with one attached hydrogen (secondary N) is 2. The Morgan fingerprint density at radius 2 is 1.44 bits per heavy atom. The average Bonchev–Trinajstić information content (AvgIpc) is 2.85. The number of nitrogens with zero attached hydrogens (tertiary/aromatic N) is 3. The highest BCUT2D eigenvalue weighted by atomic mass is 32.2. The number of amides is 3. The molecule has 0 aromatic heterocycles. The minimum Gasteiger partial charge on any atom is -0.338 e. The fraction of sp³-hybridized carbons (Fsp3) is 0.867. The lowest BCUT2D eigenvalue weighted by atomic mass is 10.2.